The number of nitrogens with zero attached hydrogens (tertiary/aromatic N) is 6. The van der Waals surface area contributed by atoms with Crippen LogP contribution in [0.5, 0.6) is 11.5 Å². The first-order chi connectivity index (χ1) is 19.1. The highest BCUT2D eigenvalue weighted by atomic mass is 16.5. The summed E-state index contributed by atoms with van der Waals surface area (Å²) in [6.45, 7) is 3.46. The third kappa shape index (κ3) is 5.24. The normalized spacial score (nSPS) is 15.1. The Kier molecular flexibility index (Phi) is 6.78. The van der Waals surface area contributed by atoms with Crippen LogP contribution in [-0.2, 0) is 13.2 Å². The molecule has 2 aromatic carbocycles. The predicted molar refractivity (Wildman–Crippen MR) is 145 cm³/mol. The molecule has 1 saturated heterocycles. The monoisotopic (exact) mass is 520 g/mol. The molecule has 0 unspecified atom stereocenters. The molecule has 0 aliphatic carbocycles. The van der Waals surface area contributed by atoms with Gasteiger partial charge in [-0.1, -0.05) is 18.2 Å². The topological polar surface area (TPSA) is 106 Å². The Hall–Kier alpha value is -4.55. The van der Waals surface area contributed by atoms with E-state index in [0.29, 0.717) is 42.0 Å². The molecule has 0 spiro atoms. The molecule has 0 bridgehead atoms. The van der Waals surface area contributed by atoms with Gasteiger partial charge in [0.25, 0.3) is 0 Å². The van der Waals surface area contributed by atoms with Crippen LogP contribution < -0.4 is 15.2 Å². The minimum atomic E-state index is -0.356. The summed E-state index contributed by atoms with van der Waals surface area (Å²) >= 11 is 0. The third-order valence-corrected chi connectivity index (χ3v) is 7.41. The summed E-state index contributed by atoms with van der Waals surface area (Å²) in [4.78, 5) is 28.3. The Morgan fingerprint density at radius 2 is 1.87 bits per heavy atom. The van der Waals surface area contributed by atoms with Crippen molar-refractivity contribution in [2.45, 2.75) is 26.0 Å². The summed E-state index contributed by atoms with van der Waals surface area (Å²) in [5.74, 6) is 2.49. The molecule has 9 heteroatoms. The molecule has 6 rings (SSSR count). The minimum Gasteiger partial charge on any atom is -0.490 e. The lowest BCUT2D eigenvalue weighted by Gasteiger charge is -2.28. The molecule has 2 aliphatic rings. The number of ether oxygens (including phenoxy) is 2. The maximum atomic E-state index is 12.8. The maximum Gasteiger partial charge on any atom is 0.348 e. The van der Waals surface area contributed by atoms with E-state index in [1.54, 1.807) is 41.4 Å². The summed E-state index contributed by atoms with van der Waals surface area (Å²) in [5.41, 5.74) is 4.21. The molecular weight excluding hydrogens is 492 g/mol. The van der Waals surface area contributed by atoms with E-state index in [0.717, 1.165) is 53.9 Å². The van der Waals surface area contributed by atoms with Crippen molar-refractivity contribution in [2.24, 2.45) is 5.92 Å². The van der Waals surface area contributed by atoms with Gasteiger partial charge in [0.05, 0.1) is 42.9 Å². The van der Waals surface area contributed by atoms with Gasteiger partial charge in [0.15, 0.2) is 11.6 Å². The van der Waals surface area contributed by atoms with Crippen molar-refractivity contribution >= 4 is 0 Å². The lowest BCUT2D eigenvalue weighted by atomic mass is 9.98. The quantitative estimate of drug-likeness (QED) is 0.377. The van der Waals surface area contributed by atoms with Crippen LogP contribution in [0.1, 0.15) is 29.7 Å². The van der Waals surface area contributed by atoms with Gasteiger partial charge in [0, 0.05) is 22.9 Å². The molecule has 0 atom stereocenters. The second kappa shape index (κ2) is 10.7. The average Bonchev–Trinajstić information content (AvgIpc) is 2.98. The summed E-state index contributed by atoms with van der Waals surface area (Å²) in [7, 11) is 2.15. The van der Waals surface area contributed by atoms with Crippen molar-refractivity contribution in [2.75, 3.05) is 26.7 Å². The summed E-state index contributed by atoms with van der Waals surface area (Å²) in [6.07, 6.45) is 7.29. The van der Waals surface area contributed by atoms with Crippen LogP contribution in [0.15, 0.2) is 65.8 Å². The fraction of sp³-hybridized carbons (Fsp3) is 0.300. The molecule has 0 N–H and O–H groups in total. The molecule has 2 aromatic heterocycles. The standard InChI is InChI=1S/C30H28N6O3/c1-35-9-7-20(8-10-35)18-38-24-14-32-29(33-15-24)23-4-2-3-22(11-23)17-36-27-19-39-28-6-5-21(13-31)12-25(28)26(27)16-34-30(36)37/h2-6,11-12,14-16,20H,7-10,17-19H2,1H3. The van der Waals surface area contributed by atoms with Crippen molar-refractivity contribution in [1.82, 2.24) is 24.4 Å². The third-order valence-electron chi connectivity index (χ3n) is 7.41. The largest absolute Gasteiger partial charge is 0.490 e. The number of hydrogen-bond acceptors (Lipinski definition) is 8. The minimum absolute atomic E-state index is 0.244. The molecule has 1 fully saturated rings. The van der Waals surface area contributed by atoms with Crippen molar-refractivity contribution in [3.63, 3.8) is 0 Å². The fourth-order valence-electron chi connectivity index (χ4n) is 5.12. The molecule has 39 heavy (non-hydrogen) atoms. The molecule has 0 amide bonds. The van der Waals surface area contributed by atoms with Gasteiger partial charge in [0.2, 0.25) is 0 Å². The average molecular weight is 521 g/mol. The van der Waals surface area contributed by atoms with E-state index in [4.69, 9.17) is 9.47 Å². The van der Waals surface area contributed by atoms with Gasteiger partial charge < -0.3 is 14.4 Å². The number of piperidine rings is 1. The lowest BCUT2D eigenvalue weighted by Crippen LogP contribution is -2.32. The Morgan fingerprint density at radius 1 is 1.05 bits per heavy atom. The number of aromatic nitrogens is 4. The zero-order valence-electron chi connectivity index (χ0n) is 21.7. The molecular formula is C30H28N6O3. The van der Waals surface area contributed by atoms with Crippen LogP contribution >= 0.6 is 0 Å². The number of rotatable bonds is 6. The van der Waals surface area contributed by atoms with Crippen LogP contribution in [-0.4, -0.2) is 51.2 Å². The number of benzene rings is 2. The van der Waals surface area contributed by atoms with Crippen molar-refractivity contribution in [1.29, 1.82) is 5.26 Å². The number of nitriles is 1. The molecule has 4 heterocycles. The second-order valence-electron chi connectivity index (χ2n) is 10.1. The van der Waals surface area contributed by atoms with Gasteiger partial charge >= 0.3 is 5.69 Å². The zero-order chi connectivity index (χ0) is 26.8. The van der Waals surface area contributed by atoms with E-state index in [9.17, 15) is 10.1 Å². The fourth-order valence-corrected chi connectivity index (χ4v) is 5.12. The van der Waals surface area contributed by atoms with E-state index in [1.807, 2.05) is 24.3 Å². The zero-order valence-corrected chi connectivity index (χ0v) is 21.7. The van der Waals surface area contributed by atoms with Crippen LogP contribution in [0.25, 0.3) is 22.5 Å². The first-order valence-electron chi connectivity index (χ1n) is 13.1. The Morgan fingerprint density at radius 3 is 2.67 bits per heavy atom. The maximum absolute atomic E-state index is 12.8. The Labute approximate surface area is 226 Å². The van der Waals surface area contributed by atoms with E-state index < -0.39 is 0 Å². The van der Waals surface area contributed by atoms with Gasteiger partial charge in [-0.15, -0.1) is 0 Å². The number of fused-ring (bicyclic) bond motifs is 3. The van der Waals surface area contributed by atoms with E-state index in [2.05, 4.69) is 33.0 Å². The SMILES string of the molecule is CN1CCC(COc2cnc(-c3cccc(Cn4c5c(cnc4=O)-c4cc(C#N)ccc4OC5)c3)nc2)CC1. The van der Waals surface area contributed by atoms with Gasteiger partial charge in [-0.2, -0.15) is 5.26 Å². The van der Waals surface area contributed by atoms with E-state index in [-0.39, 0.29) is 12.3 Å². The summed E-state index contributed by atoms with van der Waals surface area (Å²) in [5, 5.41) is 9.32. The molecule has 2 aliphatic heterocycles. The molecule has 0 radical (unpaired) electrons. The summed E-state index contributed by atoms with van der Waals surface area (Å²) in [6, 6.07) is 15.2. The van der Waals surface area contributed by atoms with Crippen LogP contribution in [0.3, 0.4) is 0 Å². The van der Waals surface area contributed by atoms with Gasteiger partial charge in [-0.3, -0.25) is 4.57 Å². The van der Waals surface area contributed by atoms with Crippen molar-refractivity contribution in [3.8, 4) is 40.1 Å². The number of likely N-dealkylation sites (tertiary alicyclic amines) is 1. The summed E-state index contributed by atoms with van der Waals surface area (Å²) < 4.78 is 13.5. The van der Waals surface area contributed by atoms with Gasteiger partial charge in [-0.05, 0) is 68.7 Å². The highest BCUT2D eigenvalue weighted by Crippen LogP contribution is 2.37. The van der Waals surface area contributed by atoms with Crippen molar-refractivity contribution < 1.29 is 9.47 Å². The molecule has 4 aromatic rings. The smallest absolute Gasteiger partial charge is 0.348 e. The van der Waals surface area contributed by atoms with Crippen LogP contribution in [0.2, 0.25) is 0 Å². The first kappa shape index (κ1) is 24.8. The predicted octanol–water partition coefficient (Wildman–Crippen LogP) is 3.90. The lowest BCUT2D eigenvalue weighted by molar-refractivity contribution is 0.159. The highest BCUT2D eigenvalue weighted by molar-refractivity contribution is 5.74. The highest BCUT2D eigenvalue weighted by Gasteiger charge is 2.22. The van der Waals surface area contributed by atoms with E-state index in [1.165, 1.54) is 0 Å². The van der Waals surface area contributed by atoms with Crippen LogP contribution in [0.4, 0.5) is 0 Å². The Bertz CT molecular complexity index is 1600. The number of hydrogen-bond donors (Lipinski definition) is 0. The first-order valence-corrected chi connectivity index (χ1v) is 13.1. The second-order valence-corrected chi connectivity index (χ2v) is 10.1. The van der Waals surface area contributed by atoms with Gasteiger partial charge in [-0.25, -0.2) is 19.7 Å². The molecule has 196 valence electrons. The molecule has 0 saturated carbocycles. The van der Waals surface area contributed by atoms with Gasteiger partial charge in [0.1, 0.15) is 12.4 Å². The van der Waals surface area contributed by atoms with Crippen LogP contribution in [0, 0.1) is 17.2 Å². The van der Waals surface area contributed by atoms with E-state index >= 15 is 0 Å². The Balaban J connectivity index is 1.20. The molecule has 9 nitrogen and oxygen atoms in total. The van der Waals surface area contributed by atoms with Crippen molar-refractivity contribution in [3.05, 3.63) is 88.4 Å².